The summed E-state index contributed by atoms with van der Waals surface area (Å²) >= 11 is 0. The third kappa shape index (κ3) is 3.67. The van der Waals surface area contributed by atoms with Crippen molar-refractivity contribution in [2.45, 2.75) is 19.9 Å². The van der Waals surface area contributed by atoms with E-state index in [4.69, 9.17) is 10.8 Å². The summed E-state index contributed by atoms with van der Waals surface area (Å²) in [5.74, 6) is -1.34. The Balaban J connectivity index is 2.83. The van der Waals surface area contributed by atoms with Gasteiger partial charge in [-0.15, -0.1) is 0 Å². The zero-order valence-corrected chi connectivity index (χ0v) is 9.85. The minimum Gasteiger partial charge on any atom is -0.480 e. The van der Waals surface area contributed by atoms with E-state index in [1.165, 1.54) is 12.1 Å². The number of hydrogen-bond donors (Lipinski definition) is 2. The molecule has 92 valence electrons. The van der Waals surface area contributed by atoms with Crippen molar-refractivity contribution in [1.82, 2.24) is 0 Å². The fourth-order valence-corrected chi connectivity index (χ4v) is 1.31. The highest BCUT2D eigenvalue weighted by atomic mass is 19.1. The number of nitrogens with two attached hydrogens (primary N) is 1. The molecule has 3 nitrogen and oxygen atoms in total. The number of carbonyl (C=O) groups is 1. The van der Waals surface area contributed by atoms with E-state index < -0.39 is 17.4 Å². The van der Waals surface area contributed by atoms with Crippen LogP contribution in [0.4, 0.5) is 4.39 Å². The molecule has 1 unspecified atom stereocenters. The lowest BCUT2D eigenvalue weighted by Crippen LogP contribution is -2.42. The van der Waals surface area contributed by atoms with Crippen LogP contribution in [0.2, 0.25) is 0 Å². The van der Waals surface area contributed by atoms with Crippen molar-refractivity contribution < 1.29 is 14.3 Å². The van der Waals surface area contributed by atoms with Crippen molar-refractivity contribution >= 4 is 12.0 Å². The Morgan fingerprint density at radius 3 is 2.41 bits per heavy atom. The van der Waals surface area contributed by atoms with Gasteiger partial charge in [0.05, 0.1) is 0 Å². The summed E-state index contributed by atoms with van der Waals surface area (Å²) in [6, 6.07) is 4.97. The molecular weight excluding hydrogens is 221 g/mol. The van der Waals surface area contributed by atoms with Crippen LogP contribution in [0.25, 0.3) is 6.08 Å². The number of halogens is 1. The van der Waals surface area contributed by atoms with Gasteiger partial charge in [-0.05, 0) is 17.7 Å². The number of aliphatic carboxylic acids is 1. The number of benzene rings is 1. The second-order valence-corrected chi connectivity index (χ2v) is 4.52. The van der Waals surface area contributed by atoms with Crippen LogP contribution in [-0.2, 0) is 4.79 Å². The first-order valence-electron chi connectivity index (χ1n) is 5.26. The van der Waals surface area contributed by atoms with Gasteiger partial charge in [-0.2, -0.15) is 0 Å². The molecule has 1 aromatic carbocycles. The van der Waals surface area contributed by atoms with Gasteiger partial charge < -0.3 is 10.8 Å². The molecule has 0 aliphatic heterocycles. The molecule has 4 heteroatoms. The van der Waals surface area contributed by atoms with Crippen LogP contribution in [0, 0.1) is 11.2 Å². The second-order valence-electron chi connectivity index (χ2n) is 4.52. The van der Waals surface area contributed by atoms with Crippen LogP contribution in [0.5, 0.6) is 0 Å². The van der Waals surface area contributed by atoms with Crippen molar-refractivity contribution in [3.63, 3.8) is 0 Å². The summed E-state index contributed by atoms with van der Waals surface area (Å²) < 4.78 is 12.7. The van der Waals surface area contributed by atoms with E-state index in [1.807, 2.05) is 0 Å². The predicted octanol–water partition coefficient (Wildman–Crippen LogP) is 2.28. The van der Waals surface area contributed by atoms with Gasteiger partial charge in [-0.3, -0.25) is 4.79 Å². The smallest absolute Gasteiger partial charge is 0.321 e. The molecule has 0 aromatic heterocycles. The lowest BCUT2D eigenvalue weighted by Gasteiger charge is -2.24. The Labute approximate surface area is 99.8 Å². The molecule has 17 heavy (non-hydrogen) atoms. The molecule has 0 saturated carbocycles. The Bertz CT molecular complexity index is 424. The fourth-order valence-electron chi connectivity index (χ4n) is 1.31. The van der Waals surface area contributed by atoms with Crippen LogP contribution >= 0.6 is 0 Å². The minimum absolute atomic E-state index is 0.302. The standard InChI is InChI=1S/C13H16FNO2/c1-13(2,11(15)12(16)17)8-7-9-3-5-10(14)6-4-9/h3-8,11H,15H2,1-2H3,(H,16,17)/b8-7+. The molecule has 0 spiro atoms. The zero-order valence-electron chi connectivity index (χ0n) is 9.85. The van der Waals surface area contributed by atoms with Crippen molar-refractivity contribution in [2.75, 3.05) is 0 Å². The van der Waals surface area contributed by atoms with Crippen molar-refractivity contribution in [2.24, 2.45) is 11.1 Å². The molecule has 0 saturated heterocycles. The Hall–Kier alpha value is -1.68. The van der Waals surface area contributed by atoms with Gasteiger partial charge in [0.25, 0.3) is 0 Å². The molecule has 0 heterocycles. The highest BCUT2D eigenvalue weighted by molar-refractivity contribution is 5.75. The number of carboxylic acids is 1. The summed E-state index contributed by atoms with van der Waals surface area (Å²) in [5.41, 5.74) is 5.71. The lowest BCUT2D eigenvalue weighted by atomic mass is 9.84. The van der Waals surface area contributed by atoms with Gasteiger partial charge in [-0.1, -0.05) is 38.1 Å². The Kier molecular flexibility index (Phi) is 4.02. The maximum Gasteiger partial charge on any atom is 0.321 e. The molecule has 3 N–H and O–H groups in total. The maximum absolute atomic E-state index is 12.7. The molecule has 0 aliphatic carbocycles. The minimum atomic E-state index is -1.04. The number of carboxylic acid groups (broad SMARTS) is 1. The van der Waals surface area contributed by atoms with Crippen LogP contribution in [0.3, 0.4) is 0 Å². The van der Waals surface area contributed by atoms with Gasteiger partial charge in [0, 0.05) is 5.41 Å². The SMILES string of the molecule is CC(C)(/C=C/c1ccc(F)cc1)C(N)C(=O)O. The summed E-state index contributed by atoms with van der Waals surface area (Å²) in [4.78, 5) is 10.8. The van der Waals surface area contributed by atoms with Gasteiger partial charge in [-0.25, -0.2) is 4.39 Å². The van der Waals surface area contributed by atoms with Crippen LogP contribution < -0.4 is 5.73 Å². The molecule has 1 rings (SSSR count). The first kappa shape index (κ1) is 13.4. The molecule has 0 radical (unpaired) electrons. The molecule has 0 aliphatic rings. The highest BCUT2D eigenvalue weighted by Gasteiger charge is 2.29. The quantitative estimate of drug-likeness (QED) is 0.844. The molecular formula is C13H16FNO2. The van der Waals surface area contributed by atoms with Crippen LogP contribution in [0.15, 0.2) is 30.3 Å². The van der Waals surface area contributed by atoms with Gasteiger partial charge in [0.1, 0.15) is 11.9 Å². The highest BCUT2D eigenvalue weighted by Crippen LogP contribution is 2.22. The van der Waals surface area contributed by atoms with Crippen molar-refractivity contribution in [3.8, 4) is 0 Å². The van der Waals surface area contributed by atoms with Gasteiger partial charge >= 0.3 is 5.97 Å². The molecule has 0 bridgehead atoms. The average Bonchev–Trinajstić information content (AvgIpc) is 2.27. The third-order valence-electron chi connectivity index (χ3n) is 2.64. The second kappa shape index (κ2) is 5.10. The van der Waals surface area contributed by atoms with E-state index in [2.05, 4.69) is 0 Å². The molecule has 1 atom stereocenters. The number of rotatable bonds is 4. The average molecular weight is 237 g/mol. The fraction of sp³-hybridized carbons (Fsp3) is 0.308. The monoisotopic (exact) mass is 237 g/mol. The van der Waals surface area contributed by atoms with Crippen molar-refractivity contribution in [1.29, 1.82) is 0 Å². The predicted molar refractivity (Wildman–Crippen MR) is 64.8 cm³/mol. The first-order valence-corrected chi connectivity index (χ1v) is 5.26. The van der Waals surface area contributed by atoms with E-state index in [0.29, 0.717) is 0 Å². The van der Waals surface area contributed by atoms with Gasteiger partial charge in [0.2, 0.25) is 0 Å². The van der Waals surface area contributed by atoms with E-state index in [-0.39, 0.29) is 5.82 Å². The van der Waals surface area contributed by atoms with Gasteiger partial charge in [0.15, 0.2) is 0 Å². The Morgan fingerprint density at radius 2 is 1.94 bits per heavy atom. The normalized spacial score (nSPS) is 13.9. The topological polar surface area (TPSA) is 63.3 Å². The summed E-state index contributed by atoms with van der Waals surface area (Å²) in [6.45, 7) is 3.48. The van der Waals surface area contributed by atoms with E-state index in [9.17, 15) is 9.18 Å². The van der Waals surface area contributed by atoms with E-state index >= 15 is 0 Å². The lowest BCUT2D eigenvalue weighted by molar-refractivity contribution is -0.140. The summed E-state index contributed by atoms with van der Waals surface area (Å²) in [7, 11) is 0. The third-order valence-corrected chi connectivity index (χ3v) is 2.64. The Morgan fingerprint density at radius 1 is 1.41 bits per heavy atom. The zero-order chi connectivity index (χ0) is 13.1. The summed E-state index contributed by atoms with van der Waals surface area (Å²) in [5, 5.41) is 8.84. The van der Waals surface area contributed by atoms with Crippen LogP contribution in [-0.4, -0.2) is 17.1 Å². The number of hydrogen-bond acceptors (Lipinski definition) is 2. The van der Waals surface area contributed by atoms with E-state index in [0.717, 1.165) is 5.56 Å². The molecule has 1 aromatic rings. The van der Waals surface area contributed by atoms with E-state index in [1.54, 1.807) is 38.1 Å². The van der Waals surface area contributed by atoms with Crippen LogP contribution in [0.1, 0.15) is 19.4 Å². The summed E-state index contributed by atoms with van der Waals surface area (Å²) in [6.07, 6.45) is 3.46. The maximum atomic E-state index is 12.7. The first-order chi connectivity index (χ1) is 7.83. The largest absolute Gasteiger partial charge is 0.480 e. The van der Waals surface area contributed by atoms with Crippen molar-refractivity contribution in [3.05, 3.63) is 41.7 Å². The molecule has 0 fully saturated rings. The molecule has 0 amide bonds.